The van der Waals surface area contributed by atoms with Gasteiger partial charge in [-0.1, -0.05) is 15.9 Å². The second-order valence-corrected chi connectivity index (χ2v) is 4.31. The Kier molecular flexibility index (Phi) is 3.76. The number of halogens is 2. The molecule has 0 fully saturated rings. The number of rotatable bonds is 3. The molecule has 4 heteroatoms. The van der Waals surface area contributed by atoms with E-state index in [4.69, 9.17) is 4.74 Å². The van der Waals surface area contributed by atoms with E-state index in [0.29, 0.717) is 17.1 Å². The Morgan fingerprint density at radius 3 is 2.82 bits per heavy atom. The second kappa shape index (κ2) is 5.29. The third-order valence-corrected chi connectivity index (χ3v) is 2.64. The lowest BCUT2D eigenvalue weighted by atomic mass is 10.2. The van der Waals surface area contributed by atoms with Crippen LogP contribution in [0.2, 0.25) is 0 Å². The molecule has 0 spiro atoms. The lowest BCUT2D eigenvalue weighted by molar-refractivity contribution is 0.276. The molecule has 1 N–H and O–H groups in total. The fraction of sp³-hybridized carbons (Fsp3) is 0.0769. The van der Waals surface area contributed by atoms with E-state index in [1.807, 2.05) is 0 Å². The van der Waals surface area contributed by atoms with Crippen LogP contribution in [0, 0.1) is 11.9 Å². The minimum absolute atomic E-state index is 0.145. The van der Waals surface area contributed by atoms with Gasteiger partial charge in [0.1, 0.15) is 17.3 Å². The van der Waals surface area contributed by atoms with Crippen molar-refractivity contribution in [2.75, 3.05) is 0 Å². The summed E-state index contributed by atoms with van der Waals surface area (Å²) in [5.41, 5.74) is 0.628. The molecule has 0 aliphatic carbocycles. The molecule has 0 aliphatic rings. The Morgan fingerprint density at radius 1 is 1.29 bits per heavy atom. The van der Waals surface area contributed by atoms with Crippen molar-refractivity contribution < 1.29 is 14.2 Å². The number of hydrogen-bond acceptors (Lipinski definition) is 2. The summed E-state index contributed by atoms with van der Waals surface area (Å²) in [4.78, 5) is 0. The highest BCUT2D eigenvalue weighted by Gasteiger charge is 2.05. The second-order valence-electron chi connectivity index (χ2n) is 3.40. The molecule has 0 bridgehead atoms. The predicted molar refractivity (Wildman–Crippen MR) is 65.4 cm³/mol. The van der Waals surface area contributed by atoms with E-state index in [1.165, 1.54) is 18.2 Å². The average Bonchev–Trinajstić information content (AvgIpc) is 2.31. The van der Waals surface area contributed by atoms with Crippen molar-refractivity contribution in [1.82, 2.24) is 0 Å². The molecular formula is C13H9BrFO2. The predicted octanol–water partition coefficient (Wildman–Crippen LogP) is 3.67. The van der Waals surface area contributed by atoms with Gasteiger partial charge in [-0.15, -0.1) is 0 Å². The Labute approximate surface area is 107 Å². The van der Waals surface area contributed by atoms with Crippen LogP contribution in [0.4, 0.5) is 4.39 Å². The van der Waals surface area contributed by atoms with Gasteiger partial charge in [0.2, 0.25) is 0 Å². The van der Waals surface area contributed by atoms with Gasteiger partial charge in [0.15, 0.2) is 0 Å². The Bertz CT molecular complexity index is 529. The van der Waals surface area contributed by atoms with Crippen LogP contribution in [0.15, 0.2) is 40.9 Å². The molecule has 87 valence electrons. The zero-order valence-corrected chi connectivity index (χ0v) is 10.4. The van der Waals surface area contributed by atoms with Crippen molar-refractivity contribution >= 4 is 15.9 Å². The van der Waals surface area contributed by atoms with Gasteiger partial charge < -0.3 is 9.84 Å². The lowest BCUT2D eigenvalue weighted by Gasteiger charge is -2.09. The first-order valence-corrected chi connectivity index (χ1v) is 5.72. The SMILES string of the molecule is OCc1cc(Br)ccc1Oc1c[c]cc(F)c1. The number of benzene rings is 2. The molecule has 0 saturated carbocycles. The van der Waals surface area contributed by atoms with E-state index in [9.17, 15) is 9.50 Å². The Morgan fingerprint density at radius 2 is 2.12 bits per heavy atom. The van der Waals surface area contributed by atoms with E-state index in [0.717, 1.165) is 4.47 Å². The fourth-order valence-electron chi connectivity index (χ4n) is 1.38. The summed E-state index contributed by atoms with van der Waals surface area (Å²) in [5.74, 6) is 0.432. The minimum atomic E-state index is -0.412. The van der Waals surface area contributed by atoms with Gasteiger partial charge in [0.25, 0.3) is 0 Å². The van der Waals surface area contributed by atoms with Gasteiger partial charge in [-0.2, -0.15) is 0 Å². The van der Waals surface area contributed by atoms with Gasteiger partial charge >= 0.3 is 0 Å². The zero-order chi connectivity index (χ0) is 12.3. The molecule has 0 heterocycles. The summed E-state index contributed by atoms with van der Waals surface area (Å²) in [7, 11) is 0. The highest BCUT2D eigenvalue weighted by Crippen LogP contribution is 2.28. The molecule has 0 atom stereocenters. The van der Waals surface area contributed by atoms with Crippen LogP contribution in [-0.4, -0.2) is 5.11 Å². The molecule has 0 aliphatic heterocycles. The van der Waals surface area contributed by atoms with Crippen molar-refractivity contribution in [3.8, 4) is 11.5 Å². The maximum atomic E-state index is 12.9. The molecule has 1 radical (unpaired) electrons. The molecule has 2 aromatic carbocycles. The molecule has 0 unspecified atom stereocenters. The summed E-state index contributed by atoms with van der Waals surface area (Å²) in [6.45, 7) is -0.145. The standard InChI is InChI=1S/C13H9BrFO2/c14-10-4-5-13(9(6-10)8-16)17-12-3-1-2-11(15)7-12/h2-7,16H,8H2. The van der Waals surface area contributed by atoms with Gasteiger partial charge in [0, 0.05) is 16.1 Å². The van der Waals surface area contributed by atoms with Crippen molar-refractivity contribution in [3.63, 3.8) is 0 Å². The number of aliphatic hydroxyl groups is 1. The number of ether oxygens (including phenoxy) is 1. The van der Waals surface area contributed by atoms with Crippen LogP contribution in [0.3, 0.4) is 0 Å². The first kappa shape index (κ1) is 12.1. The van der Waals surface area contributed by atoms with Gasteiger partial charge in [0.05, 0.1) is 6.61 Å². The first-order chi connectivity index (χ1) is 8.19. The quantitative estimate of drug-likeness (QED) is 0.936. The zero-order valence-electron chi connectivity index (χ0n) is 8.78. The van der Waals surface area contributed by atoms with Gasteiger partial charge in [-0.25, -0.2) is 4.39 Å². The summed E-state index contributed by atoms with van der Waals surface area (Å²) < 4.78 is 19.3. The van der Waals surface area contributed by atoms with Crippen molar-refractivity contribution in [3.05, 3.63) is 58.3 Å². The minimum Gasteiger partial charge on any atom is -0.457 e. The topological polar surface area (TPSA) is 29.5 Å². The van der Waals surface area contributed by atoms with E-state index < -0.39 is 5.82 Å². The number of aliphatic hydroxyl groups excluding tert-OH is 1. The van der Waals surface area contributed by atoms with E-state index in [1.54, 1.807) is 18.2 Å². The fourth-order valence-corrected chi connectivity index (χ4v) is 1.79. The molecule has 17 heavy (non-hydrogen) atoms. The highest BCUT2D eigenvalue weighted by atomic mass is 79.9. The molecule has 2 aromatic rings. The van der Waals surface area contributed by atoms with Crippen LogP contribution >= 0.6 is 15.9 Å². The summed E-state index contributed by atoms with van der Waals surface area (Å²) in [6.07, 6.45) is 0. The average molecular weight is 296 g/mol. The van der Waals surface area contributed by atoms with Crippen LogP contribution < -0.4 is 4.74 Å². The maximum absolute atomic E-state index is 12.9. The summed E-state index contributed by atoms with van der Waals surface area (Å²) in [5, 5.41) is 9.19. The third kappa shape index (κ3) is 3.05. The lowest BCUT2D eigenvalue weighted by Crippen LogP contribution is -1.92. The smallest absolute Gasteiger partial charge is 0.133 e. The Hall–Kier alpha value is -1.39. The summed E-state index contributed by atoms with van der Waals surface area (Å²) >= 11 is 3.30. The first-order valence-electron chi connectivity index (χ1n) is 4.93. The van der Waals surface area contributed by atoms with Crippen LogP contribution in [0.5, 0.6) is 11.5 Å². The van der Waals surface area contributed by atoms with E-state index in [-0.39, 0.29) is 6.61 Å². The van der Waals surface area contributed by atoms with E-state index >= 15 is 0 Å². The van der Waals surface area contributed by atoms with Gasteiger partial charge in [-0.05, 0) is 36.4 Å². The van der Waals surface area contributed by atoms with Crippen LogP contribution in [0.25, 0.3) is 0 Å². The molecule has 0 amide bonds. The Balaban J connectivity index is 2.29. The molecular weight excluding hydrogens is 287 g/mol. The monoisotopic (exact) mass is 295 g/mol. The molecule has 2 nitrogen and oxygen atoms in total. The van der Waals surface area contributed by atoms with Crippen LogP contribution in [-0.2, 0) is 6.61 Å². The van der Waals surface area contributed by atoms with Crippen molar-refractivity contribution in [2.24, 2.45) is 0 Å². The van der Waals surface area contributed by atoms with Crippen molar-refractivity contribution in [2.45, 2.75) is 6.61 Å². The number of hydrogen-bond donors (Lipinski definition) is 1. The molecule has 2 rings (SSSR count). The maximum Gasteiger partial charge on any atom is 0.133 e. The highest BCUT2D eigenvalue weighted by molar-refractivity contribution is 9.10. The summed E-state index contributed by atoms with van der Waals surface area (Å²) in [6, 6.07) is 11.9. The normalized spacial score (nSPS) is 10.3. The van der Waals surface area contributed by atoms with Crippen LogP contribution in [0.1, 0.15) is 5.56 Å². The largest absolute Gasteiger partial charge is 0.457 e. The molecule has 0 aromatic heterocycles. The van der Waals surface area contributed by atoms with E-state index in [2.05, 4.69) is 22.0 Å². The van der Waals surface area contributed by atoms with Gasteiger partial charge in [-0.3, -0.25) is 0 Å². The third-order valence-electron chi connectivity index (χ3n) is 2.15. The van der Waals surface area contributed by atoms with Crippen molar-refractivity contribution in [1.29, 1.82) is 0 Å². The molecule has 0 saturated heterocycles.